The second-order valence-electron chi connectivity index (χ2n) is 5.95. The smallest absolute Gasteiger partial charge is 0.264 e. The van der Waals surface area contributed by atoms with E-state index in [1.54, 1.807) is 42.5 Å². The first-order valence-electron chi connectivity index (χ1n) is 8.36. The Balaban J connectivity index is 1.98. The normalized spacial score (nSPS) is 11.1. The molecule has 150 valence electrons. The zero-order valence-electron chi connectivity index (χ0n) is 14.8. The first kappa shape index (κ1) is 21.3. The van der Waals surface area contributed by atoms with E-state index in [-0.39, 0.29) is 15.6 Å². The average molecular weight is 498 g/mol. The molecule has 9 heteroatoms. The lowest BCUT2D eigenvalue weighted by Gasteiger charge is -2.24. The topological polar surface area (TPSA) is 66.5 Å². The van der Waals surface area contributed by atoms with Crippen LogP contribution >= 0.6 is 27.5 Å². The molecule has 0 aromatic heterocycles. The first-order valence-corrected chi connectivity index (χ1v) is 11.0. The summed E-state index contributed by atoms with van der Waals surface area (Å²) in [6.45, 7) is -0.527. The average Bonchev–Trinajstić information content (AvgIpc) is 2.71. The summed E-state index contributed by atoms with van der Waals surface area (Å²) in [4.78, 5) is 12.6. The molecule has 1 amide bonds. The van der Waals surface area contributed by atoms with Gasteiger partial charge in [0.2, 0.25) is 5.91 Å². The molecular weight excluding hydrogens is 483 g/mol. The van der Waals surface area contributed by atoms with Gasteiger partial charge in [0.1, 0.15) is 12.4 Å². The number of benzene rings is 3. The number of rotatable bonds is 6. The molecule has 5 nitrogen and oxygen atoms in total. The van der Waals surface area contributed by atoms with Gasteiger partial charge in [-0.15, -0.1) is 0 Å². The molecular formula is C20H15BrClFN2O3S. The van der Waals surface area contributed by atoms with Crippen LogP contribution in [0.15, 0.2) is 82.2 Å². The fourth-order valence-electron chi connectivity index (χ4n) is 2.56. The van der Waals surface area contributed by atoms with Gasteiger partial charge in [0.05, 0.1) is 21.3 Å². The molecule has 0 atom stereocenters. The zero-order chi connectivity index (χ0) is 21.0. The van der Waals surface area contributed by atoms with E-state index in [0.29, 0.717) is 10.2 Å². The summed E-state index contributed by atoms with van der Waals surface area (Å²) < 4.78 is 41.5. The van der Waals surface area contributed by atoms with E-state index in [0.717, 1.165) is 10.4 Å². The van der Waals surface area contributed by atoms with Gasteiger partial charge < -0.3 is 5.32 Å². The summed E-state index contributed by atoms with van der Waals surface area (Å²) >= 11 is 9.16. The lowest BCUT2D eigenvalue weighted by molar-refractivity contribution is -0.114. The van der Waals surface area contributed by atoms with Crippen LogP contribution in [0.4, 0.5) is 15.8 Å². The molecule has 0 aliphatic rings. The maximum atomic E-state index is 13.6. The monoisotopic (exact) mass is 496 g/mol. The predicted molar refractivity (Wildman–Crippen MR) is 115 cm³/mol. The van der Waals surface area contributed by atoms with Gasteiger partial charge in [-0.25, -0.2) is 12.8 Å². The molecule has 0 bridgehead atoms. The van der Waals surface area contributed by atoms with E-state index in [9.17, 15) is 17.6 Å². The number of hydrogen-bond donors (Lipinski definition) is 1. The maximum Gasteiger partial charge on any atom is 0.264 e. The van der Waals surface area contributed by atoms with Crippen LogP contribution in [-0.2, 0) is 14.8 Å². The molecule has 0 spiro atoms. The highest BCUT2D eigenvalue weighted by Crippen LogP contribution is 2.28. The SMILES string of the molecule is O=C(CN(c1ccc(F)c(Cl)c1)S(=O)(=O)c1ccccc1)Nc1ccccc1Br. The van der Waals surface area contributed by atoms with Crippen molar-refractivity contribution in [2.24, 2.45) is 0 Å². The maximum absolute atomic E-state index is 13.6. The quantitative estimate of drug-likeness (QED) is 0.517. The van der Waals surface area contributed by atoms with Crippen molar-refractivity contribution in [2.45, 2.75) is 4.90 Å². The highest BCUT2D eigenvalue weighted by Gasteiger charge is 2.27. The van der Waals surface area contributed by atoms with Crippen molar-refractivity contribution in [1.82, 2.24) is 0 Å². The van der Waals surface area contributed by atoms with Gasteiger partial charge in [0.25, 0.3) is 10.0 Å². The van der Waals surface area contributed by atoms with Gasteiger partial charge >= 0.3 is 0 Å². The number of hydrogen-bond acceptors (Lipinski definition) is 3. The number of anilines is 2. The van der Waals surface area contributed by atoms with Crippen molar-refractivity contribution >= 4 is 54.8 Å². The van der Waals surface area contributed by atoms with Gasteiger partial charge in [-0.2, -0.15) is 0 Å². The van der Waals surface area contributed by atoms with Crippen LogP contribution in [0.1, 0.15) is 0 Å². The minimum Gasteiger partial charge on any atom is -0.323 e. The summed E-state index contributed by atoms with van der Waals surface area (Å²) in [6, 6.07) is 18.1. The molecule has 29 heavy (non-hydrogen) atoms. The third-order valence-electron chi connectivity index (χ3n) is 3.96. The molecule has 3 aromatic carbocycles. The summed E-state index contributed by atoms with van der Waals surface area (Å²) in [5.74, 6) is -1.26. The molecule has 0 saturated carbocycles. The number of nitrogens with one attached hydrogen (secondary N) is 1. The minimum atomic E-state index is -4.10. The second-order valence-corrected chi connectivity index (χ2v) is 9.08. The highest BCUT2D eigenvalue weighted by molar-refractivity contribution is 9.10. The fourth-order valence-corrected chi connectivity index (χ4v) is 4.55. The number of carbonyl (C=O) groups is 1. The van der Waals surface area contributed by atoms with Crippen LogP contribution in [0.5, 0.6) is 0 Å². The molecule has 3 aromatic rings. The van der Waals surface area contributed by atoms with Gasteiger partial charge in [0.15, 0.2) is 0 Å². The van der Waals surface area contributed by atoms with Crippen LogP contribution < -0.4 is 9.62 Å². The van der Waals surface area contributed by atoms with Gasteiger partial charge in [-0.1, -0.05) is 41.9 Å². The standard InChI is InChI=1S/C20H15BrClFN2O3S/c21-16-8-4-5-9-19(16)24-20(26)13-25(14-10-11-18(23)17(22)12-14)29(27,28)15-6-2-1-3-7-15/h1-12H,13H2,(H,24,26). The van der Waals surface area contributed by atoms with E-state index in [1.165, 1.54) is 24.3 Å². The van der Waals surface area contributed by atoms with Crippen molar-refractivity contribution < 1.29 is 17.6 Å². The number of halogens is 3. The molecule has 0 unspecified atom stereocenters. The first-order chi connectivity index (χ1) is 13.8. The minimum absolute atomic E-state index is 0.00543. The molecule has 0 aliphatic heterocycles. The van der Waals surface area contributed by atoms with Crippen molar-refractivity contribution in [1.29, 1.82) is 0 Å². The van der Waals surface area contributed by atoms with Crippen LogP contribution in [0, 0.1) is 5.82 Å². The van der Waals surface area contributed by atoms with E-state index in [4.69, 9.17) is 11.6 Å². The zero-order valence-corrected chi connectivity index (χ0v) is 18.0. The highest BCUT2D eigenvalue weighted by atomic mass is 79.9. The Kier molecular flexibility index (Phi) is 6.56. The number of carbonyl (C=O) groups excluding carboxylic acids is 1. The Morgan fingerprint density at radius 3 is 2.34 bits per heavy atom. The van der Waals surface area contributed by atoms with Gasteiger partial charge in [0, 0.05) is 4.47 Å². The third-order valence-corrected chi connectivity index (χ3v) is 6.73. The lowest BCUT2D eigenvalue weighted by atomic mass is 10.3. The Morgan fingerprint density at radius 1 is 1.03 bits per heavy atom. The molecule has 0 saturated heterocycles. The van der Waals surface area contributed by atoms with Gasteiger partial charge in [-0.3, -0.25) is 9.10 Å². The van der Waals surface area contributed by atoms with E-state index < -0.39 is 28.3 Å². The summed E-state index contributed by atoms with van der Waals surface area (Å²) in [6.07, 6.45) is 0. The number of nitrogens with zero attached hydrogens (tertiary/aromatic N) is 1. The largest absolute Gasteiger partial charge is 0.323 e. The number of para-hydroxylation sites is 1. The van der Waals surface area contributed by atoms with Crippen LogP contribution in [0.25, 0.3) is 0 Å². The molecule has 1 N–H and O–H groups in total. The molecule has 0 heterocycles. The third kappa shape index (κ3) is 4.95. The summed E-state index contributed by atoms with van der Waals surface area (Å²) in [7, 11) is -4.10. The Labute approximate surface area is 181 Å². The van der Waals surface area contributed by atoms with Crippen LogP contribution in [0.3, 0.4) is 0 Å². The Hall–Kier alpha value is -2.42. The van der Waals surface area contributed by atoms with Crippen molar-refractivity contribution in [2.75, 3.05) is 16.2 Å². The van der Waals surface area contributed by atoms with Crippen LogP contribution in [0.2, 0.25) is 5.02 Å². The van der Waals surface area contributed by atoms with E-state index >= 15 is 0 Å². The molecule has 3 rings (SSSR count). The summed E-state index contributed by atoms with van der Waals surface area (Å²) in [5, 5.41) is 2.41. The predicted octanol–water partition coefficient (Wildman–Crippen LogP) is 5.08. The Bertz CT molecular complexity index is 1140. The van der Waals surface area contributed by atoms with Crippen molar-refractivity contribution in [3.8, 4) is 0 Å². The van der Waals surface area contributed by atoms with E-state index in [1.807, 2.05) is 0 Å². The number of amides is 1. The Morgan fingerprint density at radius 2 is 1.69 bits per heavy atom. The van der Waals surface area contributed by atoms with Crippen molar-refractivity contribution in [3.63, 3.8) is 0 Å². The fraction of sp³-hybridized carbons (Fsp3) is 0.0500. The van der Waals surface area contributed by atoms with Gasteiger partial charge in [-0.05, 0) is 58.4 Å². The lowest BCUT2D eigenvalue weighted by Crippen LogP contribution is -2.38. The molecule has 0 aliphatic carbocycles. The number of sulfonamides is 1. The van der Waals surface area contributed by atoms with Crippen molar-refractivity contribution in [3.05, 3.63) is 88.1 Å². The summed E-state index contributed by atoms with van der Waals surface area (Å²) in [5.41, 5.74) is 0.564. The molecule has 0 fully saturated rings. The molecule has 0 radical (unpaired) electrons. The van der Waals surface area contributed by atoms with Crippen LogP contribution in [-0.4, -0.2) is 20.9 Å². The van der Waals surface area contributed by atoms with E-state index in [2.05, 4.69) is 21.2 Å². The second kappa shape index (κ2) is 8.94.